The summed E-state index contributed by atoms with van der Waals surface area (Å²) in [6.45, 7) is 0.474. The van der Waals surface area contributed by atoms with Crippen molar-refractivity contribution in [1.29, 1.82) is 0 Å². The largest absolute Gasteiger partial charge is 0.348 e. The number of hydrogen-bond donors (Lipinski definition) is 1. The minimum Gasteiger partial charge on any atom is -0.348 e. The Kier molecular flexibility index (Phi) is 3.42. The fraction of sp³-hybridized carbons (Fsp3) is 0.0588. The van der Waals surface area contributed by atoms with Gasteiger partial charge in [-0.2, -0.15) is 0 Å². The highest BCUT2D eigenvalue weighted by Gasteiger charge is 2.06. The van der Waals surface area contributed by atoms with Gasteiger partial charge in [-0.25, -0.2) is 0 Å². The number of nitrogens with one attached hydrogen (secondary N) is 1. The van der Waals surface area contributed by atoms with E-state index in [2.05, 4.69) is 10.3 Å². The number of benzene rings is 2. The van der Waals surface area contributed by atoms with E-state index in [1.807, 2.05) is 48.5 Å². The molecule has 0 aliphatic heterocycles. The van der Waals surface area contributed by atoms with E-state index < -0.39 is 0 Å². The number of nitrogens with zero attached hydrogens (tertiary/aromatic N) is 1. The van der Waals surface area contributed by atoms with E-state index in [1.54, 1.807) is 18.3 Å². The molecule has 0 fully saturated rings. The van der Waals surface area contributed by atoms with E-state index in [4.69, 9.17) is 0 Å². The first-order chi connectivity index (χ1) is 9.84. The fourth-order valence-corrected chi connectivity index (χ4v) is 2.18. The van der Waals surface area contributed by atoms with Crippen LogP contribution in [0.3, 0.4) is 0 Å². The maximum absolute atomic E-state index is 12.0. The molecule has 0 radical (unpaired) electrons. The van der Waals surface area contributed by atoms with Crippen molar-refractivity contribution in [2.75, 3.05) is 0 Å². The Morgan fingerprint density at radius 1 is 0.950 bits per heavy atom. The van der Waals surface area contributed by atoms with Gasteiger partial charge in [0.1, 0.15) is 0 Å². The van der Waals surface area contributed by atoms with Gasteiger partial charge in [-0.15, -0.1) is 0 Å². The molecule has 3 nitrogen and oxygen atoms in total. The molecule has 0 saturated carbocycles. The molecule has 0 unspecified atom stereocenters. The van der Waals surface area contributed by atoms with Crippen molar-refractivity contribution in [1.82, 2.24) is 10.3 Å². The molecule has 0 aliphatic carbocycles. The molecular formula is C17H14N2O. The molecule has 1 aromatic heterocycles. The predicted molar refractivity (Wildman–Crippen MR) is 79.4 cm³/mol. The Morgan fingerprint density at radius 3 is 2.60 bits per heavy atom. The summed E-state index contributed by atoms with van der Waals surface area (Å²) in [5.74, 6) is -0.0708. The lowest BCUT2D eigenvalue weighted by Gasteiger charge is -2.07. The van der Waals surface area contributed by atoms with Crippen molar-refractivity contribution in [2.24, 2.45) is 0 Å². The van der Waals surface area contributed by atoms with Gasteiger partial charge >= 0.3 is 0 Å². The van der Waals surface area contributed by atoms with Crippen LogP contribution in [0.5, 0.6) is 0 Å². The zero-order chi connectivity index (χ0) is 13.8. The highest BCUT2D eigenvalue weighted by atomic mass is 16.1. The molecule has 2 aromatic carbocycles. The number of fused-ring (bicyclic) bond motifs is 1. The number of para-hydroxylation sites is 1. The quantitative estimate of drug-likeness (QED) is 0.787. The maximum atomic E-state index is 12.0. The Hall–Kier alpha value is -2.68. The van der Waals surface area contributed by atoms with E-state index in [0.717, 1.165) is 16.5 Å². The third-order valence-electron chi connectivity index (χ3n) is 3.19. The van der Waals surface area contributed by atoms with Crippen molar-refractivity contribution in [3.8, 4) is 0 Å². The van der Waals surface area contributed by atoms with Crippen LogP contribution in [-0.4, -0.2) is 10.9 Å². The van der Waals surface area contributed by atoms with Gasteiger partial charge in [-0.05, 0) is 23.8 Å². The van der Waals surface area contributed by atoms with Gasteiger partial charge < -0.3 is 5.32 Å². The minimum atomic E-state index is -0.0708. The van der Waals surface area contributed by atoms with E-state index in [0.29, 0.717) is 12.1 Å². The second-order valence-corrected chi connectivity index (χ2v) is 4.54. The van der Waals surface area contributed by atoms with Gasteiger partial charge in [0.05, 0.1) is 5.52 Å². The molecule has 1 heterocycles. The second-order valence-electron chi connectivity index (χ2n) is 4.54. The second kappa shape index (κ2) is 5.53. The monoisotopic (exact) mass is 262 g/mol. The predicted octanol–water partition coefficient (Wildman–Crippen LogP) is 3.16. The van der Waals surface area contributed by atoms with Crippen molar-refractivity contribution < 1.29 is 4.79 Å². The molecule has 3 aromatic rings. The van der Waals surface area contributed by atoms with Gasteiger partial charge in [0.25, 0.3) is 5.91 Å². The lowest BCUT2D eigenvalue weighted by atomic mass is 10.1. The molecule has 3 heteroatoms. The summed E-state index contributed by atoms with van der Waals surface area (Å²) in [6.07, 6.45) is 1.77. The van der Waals surface area contributed by atoms with Crippen LogP contribution in [0.4, 0.5) is 0 Å². The molecule has 1 N–H and O–H groups in total. The number of hydrogen-bond acceptors (Lipinski definition) is 2. The molecule has 0 atom stereocenters. The molecule has 3 rings (SSSR count). The van der Waals surface area contributed by atoms with Crippen molar-refractivity contribution in [2.45, 2.75) is 6.54 Å². The number of rotatable bonds is 3. The van der Waals surface area contributed by atoms with Crippen LogP contribution in [0.2, 0.25) is 0 Å². The van der Waals surface area contributed by atoms with E-state index in [-0.39, 0.29) is 5.91 Å². The zero-order valence-corrected chi connectivity index (χ0v) is 10.9. The average Bonchev–Trinajstić information content (AvgIpc) is 2.53. The Balaban J connectivity index is 1.79. The lowest BCUT2D eigenvalue weighted by molar-refractivity contribution is 0.0951. The Labute approximate surface area is 117 Å². The lowest BCUT2D eigenvalue weighted by Crippen LogP contribution is -2.22. The fourth-order valence-electron chi connectivity index (χ4n) is 2.18. The molecule has 98 valence electrons. The van der Waals surface area contributed by atoms with Crippen molar-refractivity contribution >= 4 is 16.8 Å². The minimum absolute atomic E-state index is 0.0708. The van der Waals surface area contributed by atoms with Crippen LogP contribution in [0.25, 0.3) is 10.9 Å². The molecule has 0 aliphatic rings. The Morgan fingerprint density at radius 2 is 1.75 bits per heavy atom. The van der Waals surface area contributed by atoms with Crippen molar-refractivity contribution in [3.63, 3.8) is 0 Å². The highest BCUT2D eigenvalue weighted by Crippen LogP contribution is 2.15. The van der Waals surface area contributed by atoms with Crippen LogP contribution in [0, 0.1) is 0 Å². The molecule has 0 bridgehead atoms. The smallest absolute Gasteiger partial charge is 0.251 e. The number of amides is 1. The van der Waals surface area contributed by atoms with E-state index in [9.17, 15) is 4.79 Å². The first-order valence-corrected chi connectivity index (χ1v) is 6.50. The highest BCUT2D eigenvalue weighted by molar-refractivity contribution is 5.94. The summed E-state index contributed by atoms with van der Waals surface area (Å²) < 4.78 is 0. The van der Waals surface area contributed by atoms with Gasteiger partial charge in [-0.1, -0.05) is 42.5 Å². The molecule has 0 saturated heterocycles. The van der Waals surface area contributed by atoms with Crippen LogP contribution in [-0.2, 0) is 6.54 Å². The molecule has 0 spiro atoms. The van der Waals surface area contributed by atoms with Crippen LogP contribution in [0.1, 0.15) is 15.9 Å². The number of aromatic nitrogens is 1. The van der Waals surface area contributed by atoms with E-state index in [1.165, 1.54) is 0 Å². The van der Waals surface area contributed by atoms with Gasteiger partial charge in [0, 0.05) is 23.7 Å². The molecule has 20 heavy (non-hydrogen) atoms. The van der Waals surface area contributed by atoms with Crippen molar-refractivity contribution in [3.05, 3.63) is 78.0 Å². The number of pyridine rings is 1. The average molecular weight is 262 g/mol. The van der Waals surface area contributed by atoms with Gasteiger partial charge in [-0.3, -0.25) is 9.78 Å². The summed E-state index contributed by atoms with van der Waals surface area (Å²) in [7, 11) is 0. The summed E-state index contributed by atoms with van der Waals surface area (Å²) in [5.41, 5.74) is 2.62. The van der Waals surface area contributed by atoms with E-state index >= 15 is 0 Å². The van der Waals surface area contributed by atoms with Gasteiger partial charge in [0.15, 0.2) is 0 Å². The molecule has 1 amide bonds. The van der Waals surface area contributed by atoms with Crippen LogP contribution >= 0.6 is 0 Å². The van der Waals surface area contributed by atoms with Crippen LogP contribution in [0.15, 0.2) is 66.9 Å². The maximum Gasteiger partial charge on any atom is 0.251 e. The van der Waals surface area contributed by atoms with Crippen LogP contribution < -0.4 is 5.32 Å². The zero-order valence-electron chi connectivity index (χ0n) is 10.9. The SMILES string of the molecule is O=C(NCc1cccc2cccnc12)c1ccccc1. The first kappa shape index (κ1) is 12.4. The topological polar surface area (TPSA) is 42.0 Å². The Bertz CT molecular complexity index is 733. The third-order valence-corrected chi connectivity index (χ3v) is 3.19. The summed E-state index contributed by atoms with van der Waals surface area (Å²) in [4.78, 5) is 16.4. The number of carbonyl (C=O) groups is 1. The summed E-state index contributed by atoms with van der Waals surface area (Å²) in [5, 5.41) is 4.01. The van der Waals surface area contributed by atoms with Gasteiger partial charge in [0.2, 0.25) is 0 Å². The first-order valence-electron chi connectivity index (χ1n) is 6.50. The molecular weight excluding hydrogens is 248 g/mol. The summed E-state index contributed by atoms with van der Waals surface area (Å²) >= 11 is 0. The summed E-state index contributed by atoms with van der Waals surface area (Å²) in [6, 6.07) is 19.1. The standard InChI is InChI=1S/C17H14N2O/c20-17(14-6-2-1-3-7-14)19-12-15-9-4-8-13-10-5-11-18-16(13)15/h1-11H,12H2,(H,19,20). The number of carbonyl (C=O) groups excluding carboxylic acids is 1. The normalized spacial score (nSPS) is 10.4. The third kappa shape index (κ3) is 2.52.